The van der Waals surface area contributed by atoms with Gasteiger partial charge in [0.2, 0.25) is 0 Å². The molecule has 3 saturated heterocycles. The van der Waals surface area contributed by atoms with Crippen molar-refractivity contribution in [1.82, 2.24) is 5.06 Å². The van der Waals surface area contributed by atoms with Crippen LogP contribution in [0.2, 0.25) is 0 Å². The second-order valence-corrected chi connectivity index (χ2v) is 8.33. The summed E-state index contributed by atoms with van der Waals surface area (Å²) in [6.45, 7) is 8.82. The molecular weight excluding hydrogens is 346 g/mol. The predicted octanol–water partition coefficient (Wildman–Crippen LogP) is 2.78. The molecule has 5 rings (SSSR count). The zero-order chi connectivity index (χ0) is 18.6. The van der Waals surface area contributed by atoms with Crippen molar-refractivity contribution < 1.29 is 23.8 Å². The number of rotatable bonds is 5. The fraction of sp³-hybridized carbons (Fsp3) is 0.619. The predicted molar refractivity (Wildman–Crippen MR) is 97.5 cm³/mol. The van der Waals surface area contributed by atoms with E-state index in [2.05, 4.69) is 35.9 Å². The molecule has 3 heterocycles. The molecule has 6 heteroatoms. The molecule has 1 aromatic carbocycles. The molecule has 4 fully saturated rings. The highest BCUT2D eigenvalue weighted by Crippen LogP contribution is 2.54. The lowest BCUT2D eigenvalue weighted by atomic mass is 9.76. The Morgan fingerprint density at radius 1 is 1.22 bits per heavy atom. The molecule has 4 aliphatic rings. The van der Waals surface area contributed by atoms with Crippen LogP contribution in [-0.4, -0.2) is 53.7 Å². The maximum Gasteiger partial charge on any atom is 0.190 e. The highest BCUT2D eigenvalue weighted by molar-refractivity contribution is 5.18. The molecule has 0 radical (unpaired) electrons. The third-order valence-corrected chi connectivity index (χ3v) is 6.01. The molecule has 6 nitrogen and oxygen atoms in total. The Morgan fingerprint density at radius 3 is 2.81 bits per heavy atom. The van der Waals surface area contributed by atoms with Crippen LogP contribution in [0.4, 0.5) is 0 Å². The second kappa shape index (κ2) is 6.37. The standard InChI is InChI=1S/C21H27NO5/c1-4-10-23-21-12-15-11-16(22(27-15)13-14-8-6-5-7-9-14)17(21)24-19-18(21)25-20(2,3)26-19/h4-9,15-19H,1,10-13H2,2-3H3/t15-,16+,17-,18+,19-,21-/m1/s1. The van der Waals surface area contributed by atoms with Gasteiger partial charge in [0, 0.05) is 13.0 Å². The van der Waals surface area contributed by atoms with Gasteiger partial charge >= 0.3 is 0 Å². The second-order valence-electron chi connectivity index (χ2n) is 8.33. The Labute approximate surface area is 159 Å². The van der Waals surface area contributed by atoms with Crippen LogP contribution < -0.4 is 0 Å². The number of benzene rings is 1. The van der Waals surface area contributed by atoms with Gasteiger partial charge in [-0.1, -0.05) is 36.4 Å². The van der Waals surface area contributed by atoms with Crippen molar-refractivity contribution >= 4 is 0 Å². The van der Waals surface area contributed by atoms with Crippen molar-refractivity contribution in [3.63, 3.8) is 0 Å². The Balaban J connectivity index is 1.44. The zero-order valence-electron chi connectivity index (χ0n) is 15.9. The van der Waals surface area contributed by atoms with Gasteiger partial charge in [-0.05, 0) is 25.8 Å². The van der Waals surface area contributed by atoms with Crippen molar-refractivity contribution in [2.45, 2.75) is 75.3 Å². The smallest absolute Gasteiger partial charge is 0.190 e. The molecule has 1 aromatic rings. The SMILES string of the molecule is C=CCO[C@]12C[C@H]3C[C@@H]([C@H]1O[C@@H]1OC(C)(C)O[C@@H]12)N(Cc1ccccc1)O3. The molecule has 2 bridgehead atoms. The minimum atomic E-state index is -0.675. The third kappa shape index (κ3) is 2.87. The summed E-state index contributed by atoms with van der Waals surface area (Å²) in [7, 11) is 0. The lowest BCUT2D eigenvalue weighted by Gasteiger charge is -2.43. The van der Waals surface area contributed by atoms with Gasteiger partial charge in [-0.3, -0.25) is 4.84 Å². The van der Waals surface area contributed by atoms with Crippen molar-refractivity contribution in [3.8, 4) is 0 Å². The molecule has 0 amide bonds. The summed E-state index contributed by atoms with van der Waals surface area (Å²) in [5, 5.41) is 2.07. The van der Waals surface area contributed by atoms with E-state index in [0.717, 1.165) is 19.4 Å². The molecule has 27 heavy (non-hydrogen) atoms. The van der Waals surface area contributed by atoms with Crippen LogP contribution in [0, 0.1) is 0 Å². The molecule has 0 aromatic heterocycles. The summed E-state index contributed by atoms with van der Waals surface area (Å²) in [6.07, 6.45) is 2.70. The van der Waals surface area contributed by atoms with Gasteiger partial charge in [-0.2, -0.15) is 5.06 Å². The number of ether oxygens (including phenoxy) is 4. The summed E-state index contributed by atoms with van der Waals surface area (Å²) in [5.74, 6) is -0.675. The topological polar surface area (TPSA) is 49.4 Å². The van der Waals surface area contributed by atoms with Crippen LogP contribution in [0.5, 0.6) is 0 Å². The Morgan fingerprint density at radius 2 is 2.04 bits per heavy atom. The van der Waals surface area contributed by atoms with Crippen LogP contribution in [0.1, 0.15) is 32.3 Å². The van der Waals surface area contributed by atoms with Crippen molar-refractivity contribution in [2.75, 3.05) is 6.61 Å². The van der Waals surface area contributed by atoms with Crippen molar-refractivity contribution in [1.29, 1.82) is 0 Å². The number of fused-ring (bicyclic) bond motifs is 6. The molecular formula is C21H27NO5. The van der Waals surface area contributed by atoms with Crippen LogP contribution in [0.15, 0.2) is 43.0 Å². The fourth-order valence-corrected chi connectivity index (χ4v) is 5.04. The summed E-state index contributed by atoms with van der Waals surface area (Å²) in [4.78, 5) is 6.28. The lowest BCUT2D eigenvalue weighted by Crippen LogP contribution is -2.59. The van der Waals surface area contributed by atoms with Gasteiger partial charge in [-0.15, -0.1) is 6.58 Å². The van der Waals surface area contributed by atoms with Crippen LogP contribution in [0.25, 0.3) is 0 Å². The van der Waals surface area contributed by atoms with E-state index in [1.807, 2.05) is 19.9 Å². The largest absolute Gasteiger partial charge is 0.365 e. The normalized spacial score (nSPS) is 42.1. The summed E-state index contributed by atoms with van der Waals surface area (Å²) < 4.78 is 25.0. The first-order chi connectivity index (χ1) is 13.0. The highest BCUT2D eigenvalue weighted by Gasteiger charge is 2.70. The first kappa shape index (κ1) is 17.8. The molecule has 1 aliphatic carbocycles. The quantitative estimate of drug-likeness (QED) is 0.740. The molecule has 146 valence electrons. The van der Waals surface area contributed by atoms with Gasteiger partial charge in [0.25, 0.3) is 0 Å². The van der Waals surface area contributed by atoms with Crippen LogP contribution in [-0.2, 0) is 30.3 Å². The maximum atomic E-state index is 6.40. The maximum absolute atomic E-state index is 6.40. The van der Waals surface area contributed by atoms with E-state index in [9.17, 15) is 0 Å². The number of hydrogen-bond donors (Lipinski definition) is 0. The van der Waals surface area contributed by atoms with E-state index in [4.69, 9.17) is 23.8 Å². The van der Waals surface area contributed by atoms with Gasteiger partial charge in [-0.25, -0.2) is 0 Å². The average Bonchev–Trinajstić information content (AvgIpc) is 3.23. The summed E-state index contributed by atoms with van der Waals surface area (Å²) in [5.41, 5.74) is 0.639. The van der Waals surface area contributed by atoms with Crippen molar-refractivity contribution in [3.05, 3.63) is 48.6 Å². The lowest BCUT2D eigenvalue weighted by molar-refractivity contribution is -0.248. The Kier molecular flexibility index (Phi) is 4.20. The number of nitrogens with zero attached hydrogens (tertiary/aromatic N) is 1. The first-order valence-corrected chi connectivity index (χ1v) is 9.74. The monoisotopic (exact) mass is 373 g/mol. The summed E-state index contributed by atoms with van der Waals surface area (Å²) in [6, 6.07) is 10.5. The van der Waals surface area contributed by atoms with E-state index in [1.54, 1.807) is 6.08 Å². The number of hydroxylamine groups is 2. The van der Waals surface area contributed by atoms with E-state index in [1.165, 1.54) is 5.56 Å². The van der Waals surface area contributed by atoms with Gasteiger partial charge < -0.3 is 18.9 Å². The zero-order valence-corrected chi connectivity index (χ0v) is 15.9. The number of hydrogen-bond acceptors (Lipinski definition) is 6. The van der Waals surface area contributed by atoms with Crippen molar-refractivity contribution in [2.24, 2.45) is 0 Å². The third-order valence-electron chi connectivity index (χ3n) is 6.01. The fourth-order valence-electron chi connectivity index (χ4n) is 5.04. The highest BCUT2D eigenvalue weighted by atomic mass is 16.8. The molecule has 0 N–H and O–H groups in total. The van der Waals surface area contributed by atoms with E-state index in [0.29, 0.717) is 6.61 Å². The van der Waals surface area contributed by atoms with Crippen LogP contribution in [0.3, 0.4) is 0 Å². The van der Waals surface area contributed by atoms with Gasteiger partial charge in [0.1, 0.15) is 17.8 Å². The molecule has 3 aliphatic heterocycles. The van der Waals surface area contributed by atoms with E-state index >= 15 is 0 Å². The van der Waals surface area contributed by atoms with Gasteiger partial charge in [0.15, 0.2) is 12.1 Å². The molecule has 6 atom stereocenters. The molecule has 0 unspecified atom stereocenters. The first-order valence-electron chi connectivity index (χ1n) is 9.74. The minimum Gasteiger partial charge on any atom is -0.365 e. The minimum absolute atomic E-state index is 0.0921. The molecule has 1 saturated carbocycles. The average molecular weight is 373 g/mol. The molecule has 0 spiro atoms. The van der Waals surface area contributed by atoms with E-state index in [-0.39, 0.29) is 24.4 Å². The van der Waals surface area contributed by atoms with Gasteiger partial charge in [0.05, 0.1) is 18.8 Å². The Hall–Kier alpha value is -1.28. The summed E-state index contributed by atoms with van der Waals surface area (Å²) >= 11 is 0. The Bertz CT molecular complexity index is 710. The van der Waals surface area contributed by atoms with E-state index < -0.39 is 17.7 Å². The van der Waals surface area contributed by atoms with Crippen LogP contribution >= 0.6 is 0 Å².